The zero-order valence-corrected chi connectivity index (χ0v) is 21.6. The fourth-order valence-corrected chi connectivity index (χ4v) is 5.46. The Morgan fingerprint density at radius 2 is 1.80 bits per heavy atom. The number of carbonyl (C=O) groups is 1. The minimum absolute atomic E-state index is 0.107. The number of carbonyl (C=O) groups excluding carboxylic acids is 1. The molecule has 1 amide bonds. The Kier molecular flexibility index (Phi) is 7.32. The monoisotopic (exact) mass is 499 g/mol. The normalized spacial score (nSPS) is 14.7. The van der Waals surface area contributed by atoms with Crippen molar-refractivity contribution in [2.24, 2.45) is 0 Å². The predicted octanol–water partition coefficient (Wildman–Crippen LogP) is 2.60. The molecular weight excluding hydrogens is 466 g/mol. The lowest BCUT2D eigenvalue weighted by atomic mass is 10.2. The van der Waals surface area contributed by atoms with Crippen molar-refractivity contribution < 1.29 is 17.9 Å². The van der Waals surface area contributed by atoms with Gasteiger partial charge in [0.05, 0.1) is 28.7 Å². The lowest BCUT2D eigenvalue weighted by Crippen LogP contribution is -2.49. The van der Waals surface area contributed by atoms with Crippen LogP contribution >= 0.6 is 0 Å². The summed E-state index contributed by atoms with van der Waals surface area (Å²) in [6, 6.07) is 13.0. The molecule has 0 unspecified atom stereocenters. The summed E-state index contributed by atoms with van der Waals surface area (Å²) < 4.78 is 33.7. The van der Waals surface area contributed by atoms with Crippen molar-refractivity contribution in [3.63, 3.8) is 0 Å². The Labute approximate surface area is 206 Å². The fraction of sp³-hybridized carbons (Fsp3) is 0.440. The number of methoxy groups -OCH3 is 1. The zero-order chi connectivity index (χ0) is 25.2. The van der Waals surface area contributed by atoms with E-state index in [4.69, 9.17) is 9.72 Å². The van der Waals surface area contributed by atoms with Crippen LogP contribution in [0, 0.1) is 0 Å². The number of sulfonamides is 1. The van der Waals surface area contributed by atoms with Gasteiger partial charge in [-0.15, -0.1) is 0 Å². The molecule has 3 aromatic rings. The summed E-state index contributed by atoms with van der Waals surface area (Å²) in [4.78, 5) is 22.0. The molecule has 0 spiro atoms. The van der Waals surface area contributed by atoms with E-state index in [9.17, 15) is 13.2 Å². The van der Waals surface area contributed by atoms with Crippen LogP contribution in [0.25, 0.3) is 11.0 Å². The number of fused-ring (bicyclic) bond motifs is 1. The molecule has 2 aromatic carbocycles. The third-order valence-corrected chi connectivity index (χ3v) is 8.33. The van der Waals surface area contributed by atoms with E-state index >= 15 is 0 Å². The molecule has 1 fully saturated rings. The molecule has 0 atom stereocenters. The van der Waals surface area contributed by atoms with Gasteiger partial charge in [0, 0.05) is 59.7 Å². The lowest BCUT2D eigenvalue weighted by molar-refractivity contribution is -0.131. The number of aryl methyl sites for hydroxylation is 2. The molecular formula is C25H33N5O4S. The maximum absolute atomic E-state index is 13.0. The summed E-state index contributed by atoms with van der Waals surface area (Å²) in [5.41, 5.74) is 2.55. The smallest absolute Gasteiger partial charge is 0.242 e. The highest BCUT2D eigenvalue weighted by atomic mass is 32.2. The third kappa shape index (κ3) is 4.99. The predicted molar refractivity (Wildman–Crippen MR) is 136 cm³/mol. The molecule has 1 aliphatic rings. The summed E-state index contributed by atoms with van der Waals surface area (Å²) >= 11 is 0. The third-order valence-electron chi connectivity index (χ3n) is 6.51. The van der Waals surface area contributed by atoms with Crippen molar-refractivity contribution in [1.82, 2.24) is 18.8 Å². The van der Waals surface area contributed by atoms with E-state index in [2.05, 4.69) is 4.90 Å². The molecule has 35 heavy (non-hydrogen) atoms. The SMILES string of the molecule is CCn1c(CCC(=O)N2CCN(c3ccccc3OC)CC2)nc2cc(S(=O)(=O)N(C)C)ccc21. The van der Waals surface area contributed by atoms with Gasteiger partial charge in [-0.1, -0.05) is 12.1 Å². The highest BCUT2D eigenvalue weighted by molar-refractivity contribution is 7.89. The van der Waals surface area contributed by atoms with Crippen LogP contribution in [0.15, 0.2) is 47.4 Å². The van der Waals surface area contributed by atoms with E-state index in [1.807, 2.05) is 40.7 Å². The van der Waals surface area contributed by atoms with Crippen LogP contribution in [0.5, 0.6) is 5.75 Å². The van der Waals surface area contributed by atoms with E-state index < -0.39 is 10.0 Å². The second-order valence-corrected chi connectivity index (χ2v) is 10.9. The first kappa shape index (κ1) is 25.0. The van der Waals surface area contributed by atoms with Gasteiger partial charge in [0.2, 0.25) is 15.9 Å². The molecule has 10 heteroatoms. The van der Waals surface area contributed by atoms with Crippen molar-refractivity contribution >= 4 is 32.7 Å². The minimum atomic E-state index is -3.54. The summed E-state index contributed by atoms with van der Waals surface area (Å²) in [6.07, 6.45) is 0.866. The van der Waals surface area contributed by atoms with Gasteiger partial charge in [-0.25, -0.2) is 17.7 Å². The number of hydrogen-bond acceptors (Lipinski definition) is 6. The summed E-state index contributed by atoms with van der Waals surface area (Å²) in [7, 11) is 1.16. The molecule has 0 radical (unpaired) electrons. The number of piperazine rings is 1. The maximum atomic E-state index is 13.0. The van der Waals surface area contributed by atoms with E-state index in [1.165, 1.54) is 18.4 Å². The van der Waals surface area contributed by atoms with Crippen molar-refractivity contribution in [3.05, 3.63) is 48.3 Å². The quantitative estimate of drug-likeness (QED) is 0.474. The molecule has 1 aromatic heterocycles. The molecule has 0 bridgehead atoms. The Morgan fingerprint density at radius 1 is 1.09 bits per heavy atom. The molecule has 0 saturated carbocycles. The highest BCUT2D eigenvalue weighted by Gasteiger charge is 2.24. The van der Waals surface area contributed by atoms with E-state index in [1.54, 1.807) is 25.3 Å². The van der Waals surface area contributed by atoms with E-state index in [-0.39, 0.29) is 10.8 Å². The molecule has 9 nitrogen and oxygen atoms in total. The molecule has 4 rings (SSSR count). The second-order valence-electron chi connectivity index (χ2n) is 8.75. The number of ether oxygens (including phenoxy) is 1. The number of aromatic nitrogens is 2. The standard InChI is InChI=1S/C25H33N5O4S/c1-5-30-21-11-10-19(35(32,33)27(2)3)18-20(21)26-24(30)12-13-25(31)29-16-14-28(15-17-29)22-8-6-7-9-23(22)34-4/h6-11,18H,5,12-17H2,1-4H3. The summed E-state index contributed by atoms with van der Waals surface area (Å²) in [5.74, 6) is 1.74. The van der Waals surface area contributed by atoms with Crippen molar-refractivity contribution in [3.8, 4) is 5.75 Å². The average molecular weight is 500 g/mol. The topological polar surface area (TPSA) is 88.0 Å². The number of anilines is 1. The van der Waals surface area contributed by atoms with Crippen LogP contribution in [0.4, 0.5) is 5.69 Å². The summed E-state index contributed by atoms with van der Waals surface area (Å²) in [6.45, 7) is 5.54. The van der Waals surface area contributed by atoms with Gasteiger partial charge in [-0.05, 0) is 37.3 Å². The first-order chi connectivity index (χ1) is 16.8. The number of rotatable bonds is 8. The number of para-hydroxylation sites is 2. The van der Waals surface area contributed by atoms with Gasteiger partial charge < -0.3 is 19.1 Å². The number of imidazole rings is 1. The van der Waals surface area contributed by atoms with Crippen molar-refractivity contribution in [2.75, 3.05) is 52.3 Å². The first-order valence-corrected chi connectivity index (χ1v) is 13.3. The van der Waals surface area contributed by atoms with Gasteiger partial charge in [0.25, 0.3) is 0 Å². The average Bonchev–Trinajstić information content (AvgIpc) is 3.23. The van der Waals surface area contributed by atoms with Crippen molar-refractivity contribution in [2.45, 2.75) is 31.2 Å². The molecule has 0 aliphatic carbocycles. The first-order valence-electron chi connectivity index (χ1n) is 11.8. The highest BCUT2D eigenvalue weighted by Crippen LogP contribution is 2.28. The van der Waals surface area contributed by atoms with Crippen LogP contribution in [0.1, 0.15) is 19.2 Å². The minimum Gasteiger partial charge on any atom is -0.495 e. The molecule has 2 heterocycles. The van der Waals surface area contributed by atoms with Gasteiger partial charge >= 0.3 is 0 Å². The van der Waals surface area contributed by atoms with Gasteiger partial charge in [-0.3, -0.25) is 4.79 Å². The van der Waals surface area contributed by atoms with Crippen LogP contribution in [-0.2, 0) is 27.8 Å². The number of benzene rings is 2. The zero-order valence-electron chi connectivity index (χ0n) is 20.8. The van der Waals surface area contributed by atoms with Crippen LogP contribution in [0.2, 0.25) is 0 Å². The molecule has 188 valence electrons. The molecule has 1 saturated heterocycles. The van der Waals surface area contributed by atoms with Gasteiger partial charge in [-0.2, -0.15) is 0 Å². The number of amides is 1. The van der Waals surface area contributed by atoms with Crippen molar-refractivity contribution in [1.29, 1.82) is 0 Å². The summed E-state index contributed by atoms with van der Waals surface area (Å²) in [5, 5.41) is 0. The van der Waals surface area contributed by atoms with Crippen LogP contribution < -0.4 is 9.64 Å². The molecule has 1 aliphatic heterocycles. The second kappa shape index (κ2) is 10.2. The van der Waals surface area contributed by atoms with Crippen LogP contribution in [0.3, 0.4) is 0 Å². The number of nitrogens with zero attached hydrogens (tertiary/aromatic N) is 5. The Bertz CT molecular complexity index is 1310. The Balaban J connectivity index is 1.42. The lowest BCUT2D eigenvalue weighted by Gasteiger charge is -2.36. The largest absolute Gasteiger partial charge is 0.495 e. The molecule has 0 N–H and O–H groups in total. The van der Waals surface area contributed by atoms with Crippen LogP contribution in [-0.4, -0.2) is 80.5 Å². The van der Waals surface area contributed by atoms with Gasteiger partial charge in [0.1, 0.15) is 11.6 Å². The maximum Gasteiger partial charge on any atom is 0.242 e. The number of hydrogen-bond donors (Lipinski definition) is 0. The Morgan fingerprint density at radius 3 is 2.46 bits per heavy atom. The van der Waals surface area contributed by atoms with E-state index in [0.29, 0.717) is 38.0 Å². The fourth-order valence-electron chi connectivity index (χ4n) is 4.54. The van der Waals surface area contributed by atoms with E-state index in [0.717, 1.165) is 35.9 Å². The Hall–Kier alpha value is -3.11. The van der Waals surface area contributed by atoms with Gasteiger partial charge in [0.15, 0.2) is 0 Å².